The van der Waals surface area contributed by atoms with E-state index in [1.54, 1.807) is 11.4 Å². The summed E-state index contributed by atoms with van der Waals surface area (Å²) in [6, 6.07) is 12.6. The zero-order chi connectivity index (χ0) is 20.3. The number of nitriles is 1. The molecule has 0 radical (unpaired) electrons. The smallest absolute Gasteiger partial charge is 0.258 e. The molecular weight excluding hydrogens is 391 g/mol. The van der Waals surface area contributed by atoms with Crippen LogP contribution in [0, 0.1) is 21.4 Å². The van der Waals surface area contributed by atoms with Gasteiger partial charge in [0.15, 0.2) is 0 Å². The minimum absolute atomic E-state index is 0.0293. The molecule has 0 unspecified atom stereocenters. The van der Waals surface area contributed by atoms with Gasteiger partial charge in [-0.3, -0.25) is 10.1 Å². The first-order valence-corrected chi connectivity index (χ1v) is 8.66. The maximum Gasteiger partial charge on any atom is 0.416 e. The van der Waals surface area contributed by atoms with Crippen LogP contribution >= 0.6 is 11.3 Å². The Balaban J connectivity index is 2.01. The maximum atomic E-state index is 13.2. The van der Waals surface area contributed by atoms with Gasteiger partial charge in [-0.25, -0.2) is 4.98 Å². The third kappa shape index (κ3) is 4.07. The minimum atomic E-state index is -4.55. The molecule has 0 spiro atoms. The van der Waals surface area contributed by atoms with Crippen LogP contribution in [0.3, 0.4) is 0 Å². The Labute approximate surface area is 161 Å². The third-order valence-corrected chi connectivity index (χ3v) is 4.65. The molecule has 0 saturated carbocycles. The minimum Gasteiger partial charge on any atom is -0.258 e. The summed E-state index contributed by atoms with van der Waals surface area (Å²) in [5.74, 6) is 0. The monoisotopic (exact) mass is 401 g/mol. The first-order chi connectivity index (χ1) is 13.3. The fourth-order valence-corrected chi connectivity index (χ4v) is 3.28. The van der Waals surface area contributed by atoms with E-state index < -0.39 is 16.7 Å². The predicted molar refractivity (Wildman–Crippen MR) is 99.1 cm³/mol. The van der Waals surface area contributed by atoms with Crippen molar-refractivity contribution in [3.63, 3.8) is 0 Å². The molecular formula is C19H10F3N3O2S. The summed E-state index contributed by atoms with van der Waals surface area (Å²) in [5, 5.41) is 22.1. The molecule has 28 heavy (non-hydrogen) atoms. The summed E-state index contributed by atoms with van der Waals surface area (Å²) in [6.07, 6.45) is -3.41. The Bertz CT molecular complexity index is 1110. The number of nitro groups is 1. The molecule has 0 aliphatic heterocycles. The van der Waals surface area contributed by atoms with Gasteiger partial charge < -0.3 is 0 Å². The quantitative estimate of drug-likeness (QED) is 0.314. The lowest BCUT2D eigenvalue weighted by Gasteiger charge is -2.09. The van der Waals surface area contributed by atoms with Crippen molar-refractivity contribution in [3.8, 4) is 17.3 Å². The van der Waals surface area contributed by atoms with Gasteiger partial charge in [0.25, 0.3) is 5.69 Å². The van der Waals surface area contributed by atoms with E-state index in [1.165, 1.54) is 36.4 Å². The van der Waals surface area contributed by atoms with Crippen molar-refractivity contribution in [2.45, 2.75) is 6.18 Å². The molecule has 0 bridgehead atoms. The Kier molecular flexibility index (Phi) is 5.24. The van der Waals surface area contributed by atoms with Gasteiger partial charge in [0.2, 0.25) is 0 Å². The van der Waals surface area contributed by atoms with Crippen molar-refractivity contribution in [3.05, 3.63) is 80.2 Å². The highest BCUT2D eigenvalue weighted by atomic mass is 32.1. The highest BCUT2D eigenvalue weighted by Crippen LogP contribution is 2.34. The first kappa shape index (κ1) is 19.3. The van der Waals surface area contributed by atoms with Gasteiger partial charge in [-0.15, -0.1) is 11.3 Å². The van der Waals surface area contributed by atoms with Gasteiger partial charge in [-0.2, -0.15) is 18.4 Å². The highest BCUT2D eigenvalue weighted by molar-refractivity contribution is 7.11. The van der Waals surface area contributed by atoms with E-state index >= 15 is 0 Å². The molecule has 1 heterocycles. The van der Waals surface area contributed by atoms with Gasteiger partial charge in [0, 0.05) is 23.1 Å². The molecule has 0 N–H and O–H groups in total. The van der Waals surface area contributed by atoms with Crippen molar-refractivity contribution in [2.75, 3.05) is 0 Å². The molecule has 9 heteroatoms. The largest absolute Gasteiger partial charge is 0.416 e. The molecule has 0 atom stereocenters. The number of hydrogen-bond acceptors (Lipinski definition) is 5. The van der Waals surface area contributed by atoms with E-state index in [0.29, 0.717) is 11.3 Å². The SMILES string of the molecule is N#CC(=Cc1ccccc1C(F)(F)F)c1nc(-c2cccc([N+](=O)[O-])c2)cs1. The lowest BCUT2D eigenvalue weighted by molar-refractivity contribution is -0.384. The number of nitrogens with zero attached hydrogens (tertiary/aromatic N) is 3. The number of hydrogen-bond donors (Lipinski definition) is 0. The molecule has 0 fully saturated rings. The van der Waals surface area contributed by atoms with Crippen molar-refractivity contribution in [1.82, 2.24) is 4.98 Å². The molecule has 140 valence electrons. The summed E-state index contributed by atoms with van der Waals surface area (Å²) in [5.41, 5.74) is -0.254. The molecule has 0 aliphatic carbocycles. The lowest BCUT2D eigenvalue weighted by Crippen LogP contribution is -2.07. The molecule has 3 aromatic rings. The van der Waals surface area contributed by atoms with E-state index in [9.17, 15) is 28.5 Å². The van der Waals surface area contributed by atoms with Crippen LogP contribution in [0.15, 0.2) is 53.9 Å². The van der Waals surface area contributed by atoms with Crippen LogP contribution in [0.1, 0.15) is 16.1 Å². The van der Waals surface area contributed by atoms with Crippen molar-refractivity contribution < 1.29 is 18.1 Å². The van der Waals surface area contributed by atoms with Crippen LogP contribution < -0.4 is 0 Å². The topological polar surface area (TPSA) is 79.8 Å². The number of rotatable bonds is 4. The Morgan fingerprint density at radius 3 is 2.64 bits per heavy atom. The molecule has 0 aliphatic rings. The average Bonchev–Trinajstić information content (AvgIpc) is 3.15. The summed E-state index contributed by atoms with van der Waals surface area (Å²) in [7, 11) is 0. The standard InChI is InChI=1S/C19H10F3N3O2S/c20-19(21,22)16-7-2-1-4-12(16)8-14(10-23)18-24-17(11-28-18)13-5-3-6-15(9-13)25(26)27/h1-9,11H. The molecule has 0 saturated heterocycles. The Hall–Kier alpha value is -3.51. The first-order valence-electron chi connectivity index (χ1n) is 7.78. The van der Waals surface area contributed by atoms with Gasteiger partial charge in [-0.1, -0.05) is 30.3 Å². The van der Waals surface area contributed by atoms with Crippen LogP contribution in [-0.4, -0.2) is 9.91 Å². The zero-order valence-electron chi connectivity index (χ0n) is 14.0. The molecule has 2 aromatic carbocycles. The fraction of sp³-hybridized carbons (Fsp3) is 0.0526. The summed E-state index contributed by atoms with van der Waals surface area (Å²) in [6.45, 7) is 0. The second-order valence-corrected chi connectivity index (χ2v) is 6.46. The molecule has 3 rings (SSSR count). The van der Waals surface area contributed by atoms with Gasteiger partial charge in [-0.05, 0) is 17.7 Å². The number of nitro benzene ring substituents is 1. The number of allylic oxidation sites excluding steroid dienone is 1. The summed E-state index contributed by atoms with van der Waals surface area (Å²) >= 11 is 1.07. The van der Waals surface area contributed by atoms with Crippen LogP contribution in [0.4, 0.5) is 18.9 Å². The molecule has 1 aromatic heterocycles. The number of halogens is 3. The van der Waals surface area contributed by atoms with Gasteiger partial charge in [0.1, 0.15) is 11.1 Å². The number of thiazole rings is 1. The average molecular weight is 401 g/mol. The molecule has 0 amide bonds. The van der Waals surface area contributed by atoms with Crippen LogP contribution in [0.25, 0.3) is 22.9 Å². The normalized spacial score (nSPS) is 11.9. The van der Waals surface area contributed by atoms with Crippen molar-refractivity contribution in [1.29, 1.82) is 5.26 Å². The summed E-state index contributed by atoms with van der Waals surface area (Å²) in [4.78, 5) is 14.6. The highest BCUT2D eigenvalue weighted by Gasteiger charge is 2.32. The predicted octanol–water partition coefficient (Wildman–Crippen LogP) is 5.80. The van der Waals surface area contributed by atoms with Crippen molar-refractivity contribution in [2.24, 2.45) is 0 Å². The maximum absolute atomic E-state index is 13.2. The van der Waals surface area contributed by atoms with E-state index in [-0.39, 0.29) is 21.8 Å². The van der Waals surface area contributed by atoms with Crippen LogP contribution in [0.5, 0.6) is 0 Å². The van der Waals surface area contributed by atoms with Gasteiger partial charge >= 0.3 is 6.18 Å². The van der Waals surface area contributed by atoms with E-state index in [0.717, 1.165) is 23.5 Å². The Morgan fingerprint density at radius 2 is 1.96 bits per heavy atom. The third-order valence-electron chi connectivity index (χ3n) is 3.77. The second kappa shape index (κ2) is 7.62. The fourth-order valence-electron chi connectivity index (χ4n) is 2.49. The van der Waals surface area contributed by atoms with E-state index in [1.807, 2.05) is 6.07 Å². The van der Waals surface area contributed by atoms with Crippen molar-refractivity contribution >= 4 is 28.7 Å². The van der Waals surface area contributed by atoms with Gasteiger partial charge in [0.05, 0.1) is 21.8 Å². The number of aromatic nitrogens is 1. The van der Waals surface area contributed by atoms with E-state index in [4.69, 9.17) is 0 Å². The molecule has 5 nitrogen and oxygen atoms in total. The zero-order valence-corrected chi connectivity index (χ0v) is 14.8. The number of alkyl halides is 3. The lowest BCUT2D eigenvalue weighted by atomic mass is 10.0. The number of benzene rings is 2. The van der Waals surface area contributed by atoms with Crippen LogP contribution in [0.2, 0.25) is 0 Å². The van der Waals surface area contributed by atoms with E-state index in [2.05, 4.69) is 4.98 Å². The van der Waals surface area contributed by atoms with Crippen LogP contribution in [-0.2, 0) is 6.18 Å². The summed E-state index contributed by atoms with van der Waals surface area (Å²) < 4.78 is 39.5. The second-order valence-electron chi connectivity index (χ2n) is 5.60. The number of non-ortho nitro benzene ring substituents is 1. The Morgan fingerprint density at radius 1 is 1.21 bits per heavy atom.